The number of rotatable bonds is 17. The molecule has 0 aromatic heterocycles. The Labute approximate surface area is 221 Å². The fourth-order valence-corrected chi connectivity index (χ4v) is 5.57. The lowest BCUT2D eigenvalue weighted by Crippen LogP contribution is -2.41. The summed E-state index contributed by atoms with van der Waals surface area (Å²) < 4.78 is 0. The standard InChI is InChI=1S/C25H38N4O7S/c1-16-11-23(34)29(25(16)36)9-8-27-22(33)13-17(24(35)28-7-6-26)12-18(30)5-3-2-4-10-37-21-15-19(31)14-20(21)32/h16-17,21H,2-15,26H2,1H3,(H,27,33)(H,28,35)/t16?,17-,21?/m0/s1. The number of carbonyl (C=O) groups excluding carboxylic acids is 7. The van der Waals surface area contributed by atoms with Gasteiger partial charge in [-0.2, -0.15) is 11.8 Å². The third-order valence-electron chi connectivity index (χ3n) is 6.41. The second-order valence-electron chi connectivity index (χ2n) is 9.62. The van der Waals surface area contributed by atoms with E-state index in [1.54, 1.807) is 6.92 Å². The molecule has 2 unspecified atom stereocenters. The lowest BCUT2D eigenvalue weighted by atomic mass is 9.95. The highest BCUT2D eigenvalue weighted by atomic mass is 32.2. The van der Waals surface area contributed by atoms with Crippen molar-refractivity contribution in [3.8, 4) is 0 Å². The third-order valence-corrected chi connectivity index (χ3v) is 7.77. The number of nitrogens with zero attached hydrogens (tertiary/aromatic N) is 1. The zero-order chi connectivity index (χ0) is 27.4. The first-order valence-electron chi connectivity index (χ1n) is 12.9. The Balaban J connectivity index is 1.71. The van der Waals surface area contributed by atoms with Crippen molar-refractivity contribution in [2.24, 2.45) is 17.6 Å². The number of Topliss-reactive ketones (excluding diaryl/α,β-unsaturated/α-hetero) is 3. The minimum Gasteiger partial charge on any atom is -0.355 e. The number of thioether (sulfide) groups is 1. The second-order valence-corrected chi connectivity index (χ2v) is 10.9. The van der Waals surface area contributed by atoms with Crippen LogP contribution in [0.3, 0.4) is 0 Å². The molecule has 1 heterocycles. The number of imide groups is 1. The van der Waals surface area contributed by atoms with E-state index in [1.807, 2.05) is 0 Å². The Morgan fingerprint density at radius 3 is 2.41 bits per heavy atom. The van der Waals surface area contributed by atoms with Gasteiger partial charge in [-0.1, -0.05) is 13.3 Å². The molecule has 1 aliphatic carbocycles. The molecule has 0 aromatic rings. The Hall–Kier alpha value is -2.60. The molecule has 2 fully saturated rings. The maximum absolute atomic E-state index is 12.5. The van der Waals surface area contributed by atoms with Crippen LogP contribution < -0.4 is 16.4 Å². The van der Waals surface area contributed by atoms with E-state index in [9.17, 15) is 33.6 Å². The van der Waals surface area contributed by atoms with Crippen molar-refractivity contribution in [1.29, 1.82) is 0 Å². The zero-order valence-electron chi connectivity index (χ0n) is 21.4. The summed E-state index contributed by atoms with van der Waals surface area (Å²) in [5.74, 6) is -1.95. The van der Waals surface area contributed by atoms with E-state index < -0.39 is 17.7 Å². The smallest absolute Gasteiger partial charge is 0.232 e. The van der Waals surface area contributed by atoms with Gasteiger partial charge in [0.25, 0.3) is 0 Å². The Morgan fingerprint density at radius 1 is 1.03 bits per heavy atom. The average molecular weight is 539 g/mol. The molecule has 4 amide bonds. The van der Waals surface area contributed by atoms with Gasteiger partial charge in [-0.05, 0) is 18.6 Å². The first-order chi connectivity index (χ1) is 17.6. The number of hydrogen-bond donors (Lipinski definition) is 3. The van der Waals surface area contributed by atoms with Crippen LogP contribution in [0.5, 0.6) is 0 Å². The minimum absolute atomic E-state index is 0.000731. The SMILES string of the molecule is CC1CC(=O)N(CCNC(=O)C[C@H](CC(=O)CCCCCSC2CC(=O)CC2=O)C(=O)NCCN)C1=O. The van der Waals surface area contributed by atoms with E-state index in [0.29, 0.717) is 12.8 Å². The summed E-state index contributed by atoms with van der Waals surface area (Å²) >= 11 is 1.50. The monoisotopic (exact) mass is 538 g/mol. The molecule has 1 saturated heterocycles. The molecular formula is C25H38N4O7S. The molecule has 11 nitrogen and oxygen atoms in total. The van der Waals surface area contributed by atoms with Gasteiger partial charge in [-0.3, -0.25) is 38.5 Å². The van der Waals surface area contributed by atoms with Gasteiger partial charge in [0.05, 0.1) is 17.6 Å². The summed E-state index contributed by atoms with van der Waals surface area (Å²) in [5, 5.41) is 5.03. The Bertz CT molecular complexity index is 894. The maximum Gasteiger partial charge on any atom is 0.232 e. The number of hydrogen-bond acceptors (Lipinski definition) is 9. The number of nitrogens with two attached hydrogens (primary N) is 1. The molecule has 1 saturated carbocycles. The fraction of sp³-hybridized carbons (Fsp3) is 0.720. The first kappa shape index (κ1) is 30.6. The van der Waals surface area contributed by atoms with Crippen LogP contribution in [0.4, 0.5) is 0 Å². The highest BCUT2D eigenvalue weighted by molar-refractivity contribution is 8.00. The molecule has 0 aromatic carbocycles. The number of nitrogens with one attached hydrogen (secondary N) is 2. The topological polar surface area (TPSA) is 173 Å². The molecule has 2 rings (SSSR count). The Kier molecular flexibility index (Phi) is 12.9. The summed E-state index contributed by atoms with van der Waals surface area (Å²) in [7, 11) is 0. The minimum atomic E-state index is -0.837. The molecule has 0 spiro atoms. The van der Waals surface area contributed by atoms with Crippen LogP contribution in [-0.4, -0.2) is 83.1 Å². The average Bonchev–Trinajstić information content (AvgIpc) is 3.29. The van der Waals surface area contributed by atoms with Crippen molar-refractivity contribution < 1.29 is 33.6 Å². The fourth-order valence-electron chi connectivity index (χ4n) is 4.34. The van der Waals surface area contributed by atoms with Crippen molar-refractivity contribution >= 4 is 52.7 Å². The van der Waals surface area contributed by atoms with Gasteiger partial charge in [0.2, 0.25) is 23.6 Å². The maximum atomic E-state index is 12.5. The molecule has 0 bridgehead atoms. The van der Waals surface area contributed by atoms with Crippen molar-refractivity contribution in [3.63, 3.8) is 0 Å². The largest absolute Gasteiger partial charge is 0.355 e. The number of likely N-dealkylation sites (tertiary alicyclic amines) is 1. The van der Waals surface area contributed by atoms with E-state index in [0.717, 1.165) is 23.5 Å². The summed E-state index contributed by atoms with van der Waals surface area (Å²) in [5.41, 5.74) is 5.44. The lowest BCUT2D eigenvalue weighted by molar-refractivity contribution is -0.139. The summed E-state index contributed by atoms with van der Waals surface area (Å²) in [6.07, 6.45) is 2.78. The number of amides is 4. The van der Waals surface area contributed by atoms with Gasteiger partial charge >= 0.3 is 0 Å². The molecule has 12 heteroatoms. The van der Waals surface area contributed by atoms with Crippen LogP contribution in [0, 0.1) is 11.8 Å². The predicted octanol–water partition coefficient (Wildman–Crippen LogP) is 0.132. The van der Waals surface area contributed by atoms with E-state index in [4.69, 9.17) is 5.73 Å². The molecule has 2 aliphatic rings. The highest BCUT2D eigenvalue weighted by Gasteiger charge is 2.35. The van der Waals surface area contributed by atoms with Crippen molar-refractivity contribution in [2.45, 2.75) is 70.0 Å². The highest BCUT2D eigenvalue weighted by Crippen LogP contribution is 2.25. The van der Waals surface area contributed by atoms with Gasteiger partial charge in [-0.25, -0.2) is 0 Å². The van der Waals surface area contributed by atoms with Crippen LogP contribution in [0.25, 0.3) is 0 Å². The number of ketones is 3. The van der Waals surface area contributed by atoms with Crippen molar-refractivity contribution in [3.05, 3.63) is 0 Å². The van der Waals surface area contributed by atoms with Crippen LogP contribution in [0.1, 0.15) is 64.7 Å². The van der Waals surface area contributed by atoms with E-state index >= 15 is 0 Å². The van der Waals surface area contributed by atoms with E-state index in [-0.39, 0.29) is 98.6 Å². The lowest BCUT2D eigenvalue weighted by Gasteiger charge is -2.17. The van der Waals surface area contributed by atoms with Gasteiger partial charge in [0, 0.05) is 64.2 Å². The molecule has 4 N–H and O–H groups in total. The van der Waals surface area contributed by atoms with E-state index in [1.165, 1.54) is 11.8 Å². The predicted molar refractivity (Wildman–Crippen MR) is 137 cm³/mol. The van der Waals surface area contributed by atoms with Crippen molar-refractivity contribution in [1.82, 2.24) is 15.5 Å². The van der Waals surface area contributed by atoms with Crippen LogP contribution >= 0.6 is 11.8 Å². The molecule has 0 radical (unpaired) electrons. The van der Waals surface area contributed by atoms with Crippen LogP contribution in [-0.2, 0) is 33.6 Å². The van der Waals surface area contributed by atoms with Gasteiger partial charge in [0.1, 0.15) is 11.6 Å². The number of unbranched alkanes of at least 4 members (excludes halogenated alkanes) is 2. The van der Waals surface area contributed by atoms with E-state index in [2.05, 4.69) is 10.6 Å². The number of carbonyl (C=O) groups is 7. The first-order valence-corrected chi connectivity index (χ1v) is 13.9. The molecule has 37 heavy (non-hydrogen) atoms. The normalized spacial score (nSPS) is 20.4. The van der Waals surface area contributed by atoms with Crippen LogP contribution in [0.15, 0.2) is 0 Å². The summed E-state index contributed by atoms with van der Waals surface area (Å²) in [6.45, 7) is 2.29. The summed E-state index contributed by atoms with van der Waals surface area (Å²) in [4.78, 5) is 85.4. The molecule has 3 atom stereocenters. The van der Waals surface area contributed by atoms with Crippen molar-refractivity contribution in [2.75, 3.05) is 31.9 Å². The summed E-state index contributed by atoms with van der Waals surface area (Å²) in [6, 6.07) is 0. The second kappa shape index (κ2) is 15.6. The van der Waals surface area contributed by atoms with Gasteiger partial charge in [-0.15, -0.1) is 0 Å². The van der Waals surface area contributed by atoms with Gasteiger partial charge < -0.3 is 16.4 Å². The quantitative estimate of drug-likeness (QED) is 0.132. The third kappa shape index (κ3) is 10.4. The van der Waals surface area contributed by atoms with Crippen LogP contribution in [0.2, 0.25) is 0 Å². The molecular weight excluding hydrogens is 500 g/mol. The van der Waals surface area contributed by atoms with Gasteiger partial charge in [0.15, 0.2) is 5.78 Å². The molecule has 206 valence electrons. The zero-order valence-corrected chi connectivity index (χ0v) is 22.2. The molecule has 1 aliphatic heterocycles. The Morgan fingerprint density at radius 2 is 1.78 bits per heavy atom.